The highest BCUT2D eigenvalue weighted by atomic mass is 15.1. The molecular formula is C18H40N2. The average Bonchev–Trinajstić information content (AvgIpc) is 2.49. The molecule has 2 nitrogen and oxygen atoms in total. The van der Waals surface area contributed by atoms with Crippen LogP contribution in [0.25, 0.3) is 0 Å². The van der Waals surface area contributed by atoms with Crippen LogP contribution in [0, 0.1) is 5.92 Å². The largest absolute Gasteiger partial charge is 0.314 e. The summed E-state index contributed by atoms with van der Waals surface area (Å²) in [6.07, 6.45) is 9.42. The molecule has 0 aliphatic rings. The second kappa shape index (κ2) is 13.9. The zero-order chi connectivity index (χ0) is 15.2. The fourth-order valence-corrected chi connectivity index (χ4v) is 2.91. The molecule has 0 amide bonds. The van der Waals surface area contributed by atoms with E-state index in [9.17, 15) is 0 Å². The molecule has 0 radical (unpaired) electrons. The van der Waals surface area contributed by atoms with Crippen molar-refractivity contribution in [2.75, 3.05) is 26.2 Å². The van der Waals surface area contributed by atoms with E-state index in [2.05, 4.69) is 44.8 Å². The van der Waals surface area contributed by atoms with E-state index < -0.39 is 0 Å². The van der Waals surface area contributed by atoms with E-state index in [1.165, 1.54) is 71.1 Å². The highest BCUT2D eigenvalue weighted by Crippen LogP contribution is 2.20. The Morgan fingerprint density at radius 2 is 1.60 bits per heavy atom. The smallest absolute Gasteiger partial charge is 0.00818 e. The zero-order valence-electron chi connectivity index (χ0n) is 14.9. The van der Waals surface area contributed by atoms with Crippen molar-refractivity contribution in [3.05, 3.63) is 0 Å². The lowest BCUT2D eigenvalue weighted by atomic mass is 9.90. The minimum atomic E-state index is 0.720. The summed E-state index contributed by atoms with van der Waals surface area (Å²) in [5.41, 5.74) is 0. The number of hydrogen-bond donors (Lipinski definition) is 1. The van der Waals surface area contributed by atoms with Gasteiger partial charge in [0.05, 0.1) is 0 Å². The maximum absolute atomic E-state index is 3.79. The van der Waals surface area contributed by atoms with Crippen molar-refractivity contribution in [1.82, 2.24) is 10.2 Å². The Hall–Kier alpha value is -0.0800. The molecule has 1 N–H and O–H groups in total. The minimum Gasteiger partial charge on any atom is -0.314 e. The van der Waals surface area contributed by atoms with Gasteiger partial charge in [0.15, 0.2) is 0 Å². The number of hydrogen-bond acceptors (Lipinski definition) is 2. The van der Waals surface area contributed by atoms with Crippen LogP contribution < -0.4 is 5.32 Å². The number of nitrogens with zero attached hydrogens (tertiary/aromatic N) is 1. The summed E-state index contributed by atoms with van der Waals surface area (Å²) < 4.78 is 0. The van der Waals surface area contributed by atoms with Gasteiger partial charge in [-0.05, 0) is 51.4 Å². The molecule has 20 heavy (non-hydrogen) atoms. The molecule has 0 rings (SSSR count). The van der Waals surface area contributed by atoms with E-state index in [-0.39, 0.29) is 0 Å². The van der Waals surface area contributed by atoms with Crippen LogP contribution in [-0.2, 0) is 0 Å². The van der Waals surface area contributed by atoms with Crippen molar-refractivity contribution >= 4 is 0 Å². The third-order valence-electron chi connectivity index (χ3n) is 4.53. The Morgan fingerprint density at radius 1 is 0.900 bits per heavy atom. The molecule has 0 aromatic heterocycles. The maximum Gasteiger partial charge on any atom is 0.00818 e. The summed E-state index contributed by atoms with van der Waals surface area (Å²) in [6, 6.07) is 0.720. The van der Waals surface area contributed by atoms with Gasteiger partial charge in [0.25, 0.3) is 0 Å². The molecule has 0 heterocycles. The molecule has 2 heteroatoms. The Labute approximate surface area is 128 Å². The lowest BCUT2D eigenvalue weighted by Crippen LogP contribution is -2.36. The molecule has 0 aliphatic carbocycles. The van der Waals surface area contributed by atoms with Crippen molar-refractivity contribution in [2.45, 2.75) is 85.6 Å². The van der Waals surface area contributed by atoms with Gasteiger partial charge in [-0.3, -0.25) is 0 Å². The van der Waals surface area contributed by atoms with Crippen LogP contribution in [0.3, 0.4) is 0 Å². The molecule has 0 aromatic carbocycles. The van der Waals surface area contributed by atoms with E-state index in [0.29, 0.717) is 0 Å². The first-order chi connectivity index (χ1) is 9.71. The van der Waals surface area contributed by atoms with E-state index in [4.69, 9.17) is 0 Å². The fraction of sp³-hybridized carbons (Fsp3) is 1.00. The standard InChI is InChI=1S/C18H40N2/c1-6-11-12-17(8-3)16-18(19-14-7-2)13-15-20(9-4)10-5/h17-19H,6-16H2,1-5H3. The van der Waals surface area contributed by atoms with Gasteiger partial charge in [0, 0.05) is 6.04 Å². The van der Waals surface area contributed by atoms with Crippen molar-refractivity contribution in [2.24, 2.45) is 5.92 Å². The summed E-state index contributed by atoms with van der Waals surface area (Å²) in [6.45, 7) is 16.3. The predicted octanol–water partition coefficient (Wildman–Crippen LogP) is 4.69. The predicted molar refractivity (Wildman–Crippen MR) is 92.4 cm³/mol. The molecular weight excluding hydrogens is 244 g/mol. The minimum absolute atomic E-state index is 0.720. The third-order valence-corrected chi connectivity index (χ3v) is 4.53. The Kier molecular flexibility index (Phi) is 13.8. The van der Waals surface area contributed by atoms with Gasteiger partial charge >= 0.3 is 0 Å². The SMILES string of the molecule is CCCCC(CC)CC(CCN(CC)CC)NCCC. The third kappa shape index (κ3) is 9.77. The average molecular weight is 285 g/mol. The normalized spacial score (nSPS) is 14.7. The lowest BCUT2D eigenvalue weighted by Gasteiger charge is -2.27. The molecule has 0 spiro atoms. The van der Waals surface area contributed by atoms with E-state index in [0.717, 1.165) is 12.0 Å². The molecule has 0 bridgehead atoms. The molecule has 122 valence electrons. The highest BCUT2D eigenvalue weighted by molar-refractivity contribution is 4.73. The number of nitrogens with one attached hydrogen (secondary N) is 1. The van der Waals surface area contributed by atoms with Crippen LogP contribution in [0.5, 0.6) is 0 Å². The monoisotopic (exact) mass is 284 g/mol. The highest BCUT2D eigenvalue weighted by Gasteiger charge is 2.15. The van der Waals surface area contributed by atoms with Crippen LogP contribution in [0.4, 0.5) is 0 Å². The van der Waals surface area contributed by atoms with Gasteiger partial charge in [-0.1, -0.05) is 60.3 Å². The van der Waals surface area contributed by atoms with Crippen molar-refractivity contribution in [1.29, 1.82) is 0 Å². The molecule has 2 unspecified atom stereocenters. The first-order valence-electron chi connectivity index (χ1n) is 9.17. The zero-order valence-corrected chi connectivity index (χ0v) is 14.9. The molecule has 0 aromatic rings. The summed E-state index contributed by atoms with van der Waals surface area (Å²) in [7, 11) is 0. The molecule has 0 saturated carbocycles. The van der Waals surface area contributed by atoms with Gasteiger partial charge in [-0.2, -0.15) is 0 Å². The Balaban J connectivity index is 4.22. The quantitative estimate of drug-likeness (QED) is 0.498. The van der Waals surface area contributed by atoms with Gasteiger partial charge < -0.3 is 10.2 Å². The van der Waals surface area contributed by atoms with Gasteiger partial charge in [-0.15, -0.1) is 0 Å². The van der Waals surface area contributed by atoms with Crippen LogP contribution >= 0.6 is 0 Å². The van der Waals surface area contributed by atoms with Crippen molar-refractivity contribution < 1.29 is 0 Å². The molecule has 2 atom stereocenters. The van der Waals surface area contributed by atoms with E-state index in [1.54, 1.807) is 0 Å². The molecule has 0 aliphatic heterocycles. The van der Waals surface area contributed by atoms with Gasteiger partial charge in [0.1, 0.15) is 0 Å². The second-order valence-corrected chi connectivity index (χ2v) is 6.12. The summed E-state index contributed by atoms with van der Waals surface area (Å²) in [5.74, 6) is 0.918. The topological polar surface area (TPSA) is 15.3 Å². The first-order valence-corrected chi connectivity index (χ1v) is 9.17. The second-order valence-electron chi connectivity index (χ2n) is 6.12. The lowest BCUT2D eigenvalue weighted by molar-refractivity contribution is 0.261. The first kappa shape index (κ1) is 19.9. The summed E-state index contributed by atoms with van der Waals surface area (Å²) in [4.78, 5) is 2.55. The number of unbranched alkanes of at least 4 members (excludes halogenated alkanes) is 1. The summed E-state index contributed by atoms with van der Waals surface area (Å²) in [5, 5.41) is 3.79. The molecule has 0 fully saturated rings. The van der Waals surface area contributed by atoms with Gasteiger partial charge in [-0.25, -0.2) is 0 Å². The van der Waals surface area contributed by atoms with E-state index in [1.807, 2.05) is 0 Å². The van der Waals surface area contributed by atoms with E-state index >= 15 is 0 Å². The molecule has 0 saturated heterocycles. The fourth-order valence-electron chi connectivity index (χ4n) is 2.91. The van der Waals surface area contributed by atoms with Crippen LogP contribution in [0.15, 0.2) is 0 Å². The van der Waals surface area contributed by atoms with Crippen molar-refractivity contribution in [3.63, 3.8) is 0 Å². The van der Waals surface area contributed by atoms with Gasteiger partial charge in [0.2, 0.25) is 0 Å². The Morgan fingerprint density at radius 3 is 2.10 bits per heavy atom. The Bertz CT molecular complexity index is 190. The van der Waals surface area contributed by atoms with Crippen LogP contribution in [0.1, 0.15) is 79.6 Å². The number of rotatable bonds is 14. The van der Waals surface area contributed by atoms with Crippen molar-refractivity contribution in [3.8, 4) is 0 Å². The van der Waals surface area contributed by atoms with Crippen LogP contribution in [0.2, 0.25) is 0 Å². The maximum atomic E-state index is 3.79. The van der Waals surface area contributed by atoms with Crippen LogP contribution in [-0.4, -0.2) is 37.1 Å². The summed E-state index contributed by atoms with van der Waals surface area (Å²) >= 11 is 0.